The second kappa shape index (κ2) is 8.54. The molecule has 0 aliphatic heterocycles. The zero-order valence-electron chi connectivity index (χ0n) is 13.6. The van der Waals surface area contributed by atoms with Crippen molar-refractivity contribution < 1.29 is 9.59 Å². The Morgan fingerprint density at radius 3 is 1.85 bits per heavy atom. The third-order valence-corrected chi connectivity index (χ3v) is 5.34. The molecular weight excluding hydrogens is 387 g/mol. The molecule has 0 saturated carbocycles. The van der Waals surface area contributed by atoms with E-state index in [1.165, 1.54) is 0 Å². The van der Waals surface area contributed by atoms with Gasteiger partial charge in [0.25, 0.3) is 0 Å². The molecule has 0 fully saturated rings. The summed E-state index contributed by atoms with van der Waals surface area (Å²) in [5.41, 5.74) is 1.86. The van der Waals surface area contributed by atoms with Crippen molar-refractivity contribution in [2.75, 3.05) is 0 Å². The van der Waals surface area contributed by atoms with Crippen LogP contribution >= 0.6 is 35.0 Å². The number of Topliss-reactive ketones (excluding diaryl/α,β-unsaturated/α-hetero) is 1. The van der Waals surface area contributed by atoms with Gasteiger partial charge in [-0.05, 0) is 53.7 Å². The number of carbonyl (C=O) groups is 2. The Balaban J connectivity index is 1.67. The summed E-state index contributed by atoms with van der Waals surface area (Å²) >= 11 is 13.2. The number of benzene rings is 3. The summed E-state index contributed by atoms with van der Waals surface area (Å²) in [6, 6.07) is 21.3. The van der Waals surface area contributed by atoms with E-state index in [1.807, 2.05) is 24.3 Å². The largest absolute Gasteiger partial charge is 0.294 e. The monoisotopic (exact) mass is 400 g/mol. The second-order valence-corrected chi connectivity index (χ2v) is 7.45. The summed E-state index contributed by atoms with van der Waals surface area (Å²) in [5.74, 6) is -0.0388. The normalized spacial score (nSPS) is 10.5. The van der Waals surface area contributed by atoms with Crippen molar-refractivity contribution in [3.05, 3.63) is 99.5 Å². The third-order valence-electron chi connectivity index (χ3n) is 3.77. The molecule has 2 nitrogen and oxygen atoms in total. The number of thioether (sulfide) groups is 1. The van der Waals surface area contributed by atoms with Crippen molar-refractivity contribution in [3.8, 4) is 0 Å². The summed E-state index contributed by atoms with van der Waals surface area (Å²) in [6.45, 7) is 0. The predicted molar refractivity (Wildman–Crippen MR) is 108 cm³/mol. The number of halogens is 2. The van der Waals surface area contributed by atoms with Crippen LogP contribution < -0.4 is 0 Å². The molecule has 0 N–H and O–H groups in total. The summed E-state index contributed by atoms with van der Waals surface area (Å²) < 4.78 is 0. The molecule has 0 saturated heterocycles. The van der Waals surface area contributed by atoms with Gasteiger partial charge in [0.2, 0.25) is 5.12 Å². The van der Waals surface area contributed by atoms with Gasteiger partial charge in [-0.2, -0.15) is 0 Å². The molecule has 0 unspecified atom stereocenters. The lowest BCUT2D eigenvalue weighted by Gasteiger charge is -2.06. The Kier molecular flexibility index (Phi) is 6.15. The highest BCUT2D eigenvalue weighted by Gasteiger charge is 2.13. The Morgan fingerprint density at radius 1 is 0.731 bits per heavy atom. The molecule has 0 aliphatic carbocycles. The minimum atomic E-state index is -0.115. The fourth-order valence-electron chi connectivity index (χ4n) is 2.43. The molecule has 0 aliphatic rings. The van der Waals surface area contributed by atoms with Crippen LogP contribution in [0.15, 0.2) is 77.7 Å². The molecule has 0 radical (unpaired) electrons. The number of rotatable bonds is 5. The van der Waals surface area contributed by atoms with E-state index < -0.39 is 0 Å². The van der Waals surface area contributed by atoms with E-state index >= 15 is 0 Å². The number of carbonyl (C=O) groups excluding carboxylic acids is 2. The molecule has 26 heavy (non-hydrogen) atoms. The number of ketones is 1. The van der Waals surface area contributed by atoms with E-state index in [9.17, 15) is 9.59 Å². The van der Waals surface area contributed by atoms with E-state index in [0.717, 1.165) is 22.2 Å². The van der Waals surface area contributed by atoms with Crippen LogP contribution in [0.1, 0.15) is 26.3 Å². The van der Waals surface area contributed by atoms with E-state index in [0.29, 0.717) is 21.2 Å². The summed E-state index contributed by atoms with van der Waals surface area (Å²) in [4.78, 5) is 25.5. The second-order valence-electron chi connectivity index (χ2n) is 5.59. The van der Waals surface area contributed by atoms with Gasteiger partial charge < -0.3 is 0 Å². The lowest BCUT2D eigenvalue weighted by molar-refractivity contribution is 0.0992. The van der Waals surface area contributed by atoms with Crippen molar-refractivity contribution >= 4 is 45.9 Å². The van der Waals surface area contributed by atoms with Crippen LogP contribution in [0.3, 0.4) is 0 Å². The average molecular weight is 401 g/mol. The summed E-state index contributed by atoms with van der Waals surface area (Å²) in [7, 11) is 0. The molecule has 0 aromatic heterocycles. The fraction of sp³-hybridized carbons (Fsp3) is 0.0476. The first-order valence-corrected chi connectivity index (χ1v) is 9.45. The van der Waals surface area contributed by atoms with Crippen LogP contribution in [0.25, 0.3) is 0 Å². The van der Waals surface area contributed by atoms with Crippen LogP contribution in [-0.2, 0) is 6.42 Å². The molecule has 0 amide bonds. The van der Waals surface area contributed by atoms with Gasteiger partial charge in [0.15, 0.2) is 5.78 Å². The minimum absolute atomic E-state index is 0.0388. The first kappa shape index (κ1) is 18.7. The fourth-order valence-corrected chi connectivity index (χ4v) is 3.72. The van der Waals surface area contributed by atoms with Gasteiger partial charge in [0.1, 0.15) is 0 Å². The SMILES string of the molecule is O=C(Cc1ccc(SC(=O)c2ccccc2Cl)cc1)c1ccccc1Cl. The lowest BCUT2D eigenvalue weighted by atomic mass is 10.0. The smallest absolute Gasteiger partial charge is 0.225 e. The van der Waals surface area contributed by atoms with Crippen LogP contribution in [0.5, 0.6) is 0 Å². The van der Waals surface area contributed by atoms with Gasteiger partial charge in [-0.15, -0.1) is 0 Å². The maximum Gasteiger partial charge on any atom is 0.225 e. The lowest BCUT2D eigenvalue weighted by Crippen LogP contribution is -2.04. The molecule has 130 valence electrons. The van der Waals surface area contributed by atoms with E-state index in [-0.39, 0.29) is 17.3 Å². The highest BCUT2D eigenvalue weighted by Crippen LogP contribution is 2.27. The van der Waals surface area contributed by atoms with Crippen molar-refractivity contribution in [1.29, 1.82) is 0 Å². The standard InChI is InChI=1S/C21H14Cl2O2S/c22-18-7-3-1-5-16(18)20(24)13-14-9-11-15(12-10-14)26-21(25)17-6-2-4-8-19(17)23/h1-12H,13H2. The van der Waals surface area contributed by atoms with Crippen molar-refractivity contribution in [1.82, 2.24) is 0 Å². The Hall–Kier alpha value is -2.07. The van der Waals surface area contributed by atoms with Gasteiger partial charge in [0.05, 0.1) is 10.0 Å². The predicted octanol–water partition coefficient (Wildman–Crippen LogP) is 6.35. The molecule has 0 spiro atoms. The van der Waals surface area contributed by atoms with Crippen LogP contribution in [-0.4, -0.2) is 10.9 Å². The van der Waals surface area contributed by atoms with Gasteiger partial charge in [-0.1, -0.05) is 59.6 Å². The first-order valence-electron chi connectivity index (χ1n) is 7.88. The quantitative estimate of drug-likeness (QED) is 0.369. The van der Waals surface area contributed by atoms with Crippen molar-refractivity contribution in [2.24, 2.45) is 0 Å². The van der Waals surface area contributed by atoms with E-state index in [1.54, 1.807) is 48.5 Å². The number of hydrogen-bond acceptors (Lipinski definition) is 3. The highest BCUT2D eigenvalue weighted by molar-refractivity contribution is 8.14. The molecular formula is C21H14Cl2O2S. The summed E-state index contributed by atoms with van der Waals surface area (Å²) in [6.07, 6.45) is 0.257. The van der Waals surface area contributed by atoms with Crippen molar-refractivity contribution in [2.45, 2.75) is 11.3 Å². The Bertz CT molecular complexity index is 874. The maximum absolute atomic E-state index is 12.4. The van der Waals surface area contributed by atoms with Gasteiger partial charge in [-0.3, -0.25) is 9.59 Å². The molecule has 0 atom stereocenters. The third kappa shape index (κ3) is 4.55. The average Bonchev–Trinajstić information content (AvgIpc) is 2.64. The van der Waals surface area contributed by atoms with Crippen LogP contribution in [0.4, 0.5) is 0 Å². The first-order chi connectivity index (χ1) is 12.5. The zero-order valence-corrected chi connectivity index (χ0v) is 15.9. The molecule has 3 rings (SSSR count). The van der Waals surface area contributed by atoms with Gasteiger partial charge >= 0.3 is 0 Å². The highest BCUT2D eigenvalue weighted by atomic mass is 35.5. The van der Waals surface area contributed by atoms with Gasteiger partial charge in [-0.25, -0.2) is 0 Å². The molecule has 0 heterocycles. The van der Waals surface area contributed by atoms with Gasteiger partial charge in [0, 0.05) is 22.4 Å². The molecule has 5 heteroatoms. The Morgan fingerprint density at radius 2 is 1.27 bits per heavy atom. The molecule has 3 aromatic rings. The van der Waals surface area contributed by atoms with Crippen LogP contribution in [0, 0.1) is 0 Å². The zero-order chi connectivity index (χ0) is 18.5. The van der Waals surface area contributed by atoms with E-state index in [4.69, 9.17) is 23.2 Å². The minimum Gasteiger partial charge on any atom is -0.294 e. The Labute approximate surface area is 166 Å². The maximum atomic E-state index is 12.4. The molecule has 0 bridgehead atoms. The van der Waals surface area contributed by atoms with E-state index in [2.05, 4.69) is 0 Å². The summed E-state index contributed by atoms with van der Waals surface area (Å²) in [5, 5.41) is 0.775. The molecule has 3 aromatic carbocycles. The van der Waals surface area contributed by atoms with Crippen LogP contribution in [0.2, 0.25) is 10.0 Å². The number of hydrogen-bond donors (Lipinski definition) is 0. The van der Waals surface area contributed by atoms with Crippen molar-refractivity contribution in [3.63, 3.8) is 0 Å². The topological polar surface area (TPSA) is 34.1 Å².